The van der Waals surface area contributed by atoms with E-state index < -0.39 is 0 Å². The molecule has 0 saturated heterocycles. The largest absolute Gasteiger partial charge is 0.354 e. The van der Waals surface area contributed by atoms with Crippen LogP contribution in [0, 0.1) is 20.8 Å². The molecule has 0 aliphatic rings. The highest BCUT2D eigenvalue weighted by molar-refractivity contribution is 6.31. The summed E-state index contributed by atoms with van der Waals surface area (Å²) in [5, 5.41) is 9.36. The van der Waals surface area contributed by atoms with Crippen molar-refractivity contribution < 1.29 is 4.79 Å². The van der Waals surface area contributed by atoms with Crippen molar-refractivity contribution in [2.45, 2.75) is 39.7 Å². The molecule has 6 nitrogen and oxygen atoms in total. The van der Waals surface area contributed by atoms with E-state index in [1.807, 2.05) is 63.9 Å². The Hall–Kier alpha value is -2.44. The Balaban J connectivity index is 1.69. The summed E-state index contributed by atoms with van der Waals surface area (Å²) in [6.07, 6.45) is 1.07. The normalized spacial score (nSPS) is 12.5. The molecule has 1 amide bonds. The number of likely N-dealkylation sites (N-methyl/N-ethyl adjacent to an activating group) is 1. The number of fused-ring (bicyclic) bond motifs is 1. The van der Waals surface area contributed by atoms with Gasteiger partial charge in [0, 0.05) is 36.1 Å². The third-order valence-corrected chi connectivity index (χ3v) is 6.06. The summed E-state index contributed by atoms with van der Waals surface area (Å²) in [7, 11) is 5.89. The van der Waals surface area contributed by atoms with Crippen molar-refractivity contribution >= 4 is 28.5 Å². The fraction of sp³-hybridized carbons (Fsp3) is 0.435. The molecule has 1 N–H and O–H groups in total. The molecule has 0 unspecified atom stereocenters. The molecule has 0 bridgehead atoms. The molecule has 3 aromatic rings. The van der Waals surface area contributed by atoms with Crippen molar-refractivity contribution in [3.05, 3.63) is 57.4 Å². The minimum absolute atomic E-state index is 0.0159. The molecule has 0 radical (unpaired) electrons. The summed E-state index contributed by atoms with van der Waals surface area (Å²) in [5.74, 6) is 0.0238. The third kappa shape index (κ3) is 4.50. The highest BCUT2D eigenvalue weighted by atomic mass is 35.5. The van der Waals surface area contributed by atoms with Gasteiger partial charge in [0.05, 0.1) is 11.7 Å². The number of benzene rings is 1. The average Bonchev–Trinajstić information content (AvgIpc) is 2.96. The molecule has 0 aliphatic carbocycles. The van der Waals surface area contributed by atoms with Gasteiger partial charge >= 0.3 is 0 Å². The molecule has 0 spiro atoms. The van der Waals surface area contributed by atoms with Crippen LogP contribution in [-0.4, -0.2) is 46.2 Å². The maximum absolute atomic E-state index is 12.6. The molecule has 2 aromatic heterocycles. The van der Waals surface area contributed by atoms with Crippen molar-refractivity contribution in [1.29, 1.82) is 0 Å². The Bertz CT molecular complexity index is 1070. The topological polar surface area (TPSA) is 63.1 Å². The molecule has 0 saturated carbocycles. The first-order valence-corrected chi connectivity index (χ1v) is 10.6. The molecule has 2 heterocycles. The number of hydrogen-bond donors (Lipinski definition) is 1. The first kappa shape index (κ1) is 22.2. The summed E-state index contributed by atoms with van der Waals surface area (Å²) in [6, 6.07) is 7.78. The van der Waals surface area contributed by atoms with Crippen LogP contribution in [-0.2, 0) is 18.3 Å². The predicted molar refractivity (Wildman–Crippen MR) is 122 cm³/mol. The van der Waals surface area contributed by atoms with Gasteiger partial charge in [-0.15, -0.1) is 0 Å². The molecule has 7 heteroatoms. The molecule has 0 fully saturated rings. The highest BCUT2D eigenvalue weighted by Gasteiger charge is 2.19. The van der Waals surface area contributed by atoms with Crippen molar-refractivity contribution in [2.75, 3.05) is 20.6 Å². The highest BCUT2D eigenvalue weighted by Crippen LogP contribution is 2.27. The minimum atomic E-state index is 0.0159. The van der Waals surface area contributed by atoms with Gasteiger partial charge in [-0.3, -0.25) is 9.48 Å². The zero-order chi connectivity index (χ0) is 22.0. The lowest BCUT2D eigenvalue weighted by molar-refractivity contribution is -0.121. The standard InChI is InChI=1S/C23H30ClN5O/c1-14-17(15(2)26-23-22(14)16(3)27-29(23)6)11-12-21(30)25-13-20(28(4)5)18-9-7-8-10-19(18)24/h7-10,20H,11-13H2,1-6H3,(H,25,30)/t20-/m1/s1. The Kier molecular flexibility index (Phi) is 6.78. The minimum Gasteiger partial charge on any atom is -0.354 e. The van der Waals surface area contributed by atoms with Crippen molar-refractivity contribution in [2.24, 2.45) is 7.05 Å². The summed E-state index contributed by atoms with van der Waals surface area (Å²) in [5.41, 5.74) is 6.12. The third-order valence-electron chi connectivity index (χ3n) is 5.71. The summed E-state index contributed by atoms with van der Waals surface area (Å²) < 4.78 is 1.82. The van der Waals surface area contributed by atoms with Gasteiger partial charge in [0.25, 0.3) is 0 Å². The van der Waals surface area contributed by atoms with Gasteiger partial charge < -0.3 is 10.2 Å². The molecule has 3 rings (SSSR count). The number of aromatic nitrogens is 3. The van der Waals surface area contributed by atoms with E-state index in [1.165, 1.54) is 0 Å². The monoisotopic (exact) mass is 427 g/mol. The molecule has 1 aromatic carbocycles. The maximum Gasteiger partial charge on any atom is 0.220 e. The van der Waals surface area contributed by atoms with E-state index in [1.54, 1.807) is 0 Å². The number of halogens is 1. The molecule has 1 atom stereocenters. The molecular weight excluding hydrogens is 398 g/mol. The van der Waals surface area contributed by atoms with Crippen LogP contribution < -0.4 is 5.32 Å². The smallest absolute Gasteiger partial charge is 0.220 e. The van der Waals surface area contributed by atoms with E-state index in [2.05, 4.69) is 22.2 Å². The van der Waals surface area contributed by atoms with Gasteiger partial charge in [-0.1, -0.05) is 29.8 Å². The van der Waals surface area contributed by atoms with E-state index >= 15 is 0 Å². The van der Waals surface area contributed by atoms with E-state index in [0.717, 1.165) is 39.1 Å². The van der Waals surface area contributed by atoms with Crippen molar-refractivity contribution in [1.82, 2.24) is 25.0 Å². The van der Waals surface area contributed by atoms with Gasteiger partial charge in [-0.2, -0.15) is 5.10 Å². The van der Waals surface area contributed by atoms with Crippen molar-refractivity contribution in [3.63, 3.8) is 0 Å². The number of amides is 1. The summed E-state index contributed by atoms with van der Waals surface area (Å²) in [6.45, 7) is 6.60. The van der Waals surface area contributed by atoms with Gasteiger partial charge in [-0.05, 0) is 64.0 Å². The lowest BCUT2D eigenvalue weighted by Gasteiger charge is -2.26. The number of rotatable bonds is 7. The SMILES string of the molecule is Cc1nc2c(c(C)nn2C)c(C)c1CCC(=O)NC[C@H](c1ccccc1Cl)N(C)C. The lowest BCUT2D eigenvalue weighted by atomic mass is 9.99. The van der Waals surface area contributed by atoms with Crippen LogP contribution in [0.4, 0.5) is 0 Å². The molecule has 160 valence electrons. The first-order valence-electron chi connectivity index (χ1n) is 10.2. The van der Waals surface area contributed by atoms with E-state index in [4.69, 9.17) is 16.6 Å². The second-order valence-electron chi connectivity index (χ2n) is 8.01. The fourth-order valence-electron chi connectivity index (χ4n) is 4.08. The number of hydrogen-bond acceptors (Lipinski definition) is 4. The van der Waals surface area contributed by atoms with Gasteiger partial charge in [0.2, 0.25) is 5.91 Å². The van der Waals surface area contributed by atoms with Gasteiger partial charge in [0.1, 0.15) is 0 Å². The molecule has 30 heavy (non-hydrogen) atoms. The molecule has 0 aliphatic heterocycles. The Morgan fingerprint density at radius 1 is 1.20 bits per heavy atom. The Labute approximate surface area is 183 Å². The van der Waals surface area contributed by atoms with Crippen LogP contribution in [0.5, 0.6) is 0 Å². The van der Waals surface area contributed by atoms with Crippen LogP contribution in [0.1, 0.15) is 40.5 Å². The quantitative estimate of drug-likeness (QED) is 0.621. The van der Waals surface area contributed by atoms with Crippen LogP contribution in [0.2, 0.25) is 5.02 Å². The number of pyridine rings is 1. The molecular formula is C23H30ClN5O. The van der Waals surface area contributed by atoms with Crippen LogP contribution in [0.3, 0.4) is 0 Å². The zero-order valence-electron chi connectivity index (χ0n) is 18.6. The fourth-order valence-corrected chi connectivity index (χ4v) is 4.35. The van der Waals surface area contributed by atoms with Crippen LogP contribution >= 0.6 is 11.6 Å². The second kappa shape index (κ2) is 9.14. The number of nitrogens with one attached hydrogen (secondary N) is 1. The van der Waals surface area contributed by atoms with Gasteiger partial charge in [-0.25, -0.2) is 4.98 Å². The van der Waals surface area contributed by atoms with E-state index in [0.29, 0.717) is 24.4 Å². The Morgan fingerprint density at radius 3 is 2.57 bits per heavy atom. The number of nitrogens with zero attached hydrogens (tertiary/aromatic N) is 4. The van der Waals surface area contributed by atoms with Crippen molar-refractivity contribution in [3.8, 4) is 0 Å². The first-order chi connectivity index (χ1) is 14.2. The number of carbonyl (C=O) groups is 1. The maximum atomic E-state index is 12.6. The van der Waals surface area contributed by atoms with Crippen LogP contribution in [0.25, 0.3) is 11.0 Å². The Morgan fingerprint density at radius 2 is 1.90 bits per heavy atom. The average molecular weight is 428 g/mol. The van der Waals surface area contributed by atoms with Gasteiger partial charge in [0.15, 0.2) is 5.65 Å². The van der Waals surface area contributed by atoms with E-state index in [-0.39, 0.29) is 11.9 Å². The van der Waals surface area contributed by atoms with E-state index in [9.17, 15) is 4.79 Å². The number of carbonyl (C=O) groups excluding carboxylic acids is 1. The summed E-state index contributed by atoms with van der Waals surface area (Å²) >= 11 is 6.36. The second-order valence-corrected chi connectivity index (χ2v) is 8.42. The predicted octanol–water partition coefficient (Wildman–Crippen LogP) is 3.90. The zero-order valence-corrected chi connectivity index (χ0v) is 19.3. The lowest BCUT2D eigenvalue weighted by Crippen LogP contribution is -2.34. The summed E-state index contributed by atoms with van der Waals surface area (Å²) in [4.78, 5) is 19.4. The van der Waals surface area contributed by atoms with Crippen LogP contribution in [0.15, 0.2) is 24.3 Å². The number of aryl methyl sites for hydroxylation is 4.